The topological polar surface area (TPSA) is 83.6 Å². The van der Waals surface area contributed by atoms with Gasteiger partial charge in [0.15, 0.2) is 0 Å². The lowest BCUT2D eigenvalue weighted by Crippen LogP contribution is -2.43. The molecule has 1 aromatic rings. The Kier molecular flexibility index (Phi) is 5.27. The molecule has 0 unspecified atom stereocenters. The molecule has 1 aliphatic heterocycles. The van der Waals surface area contributed by atoms with Crippen LogP contribution < -0.4 is 0 Å². The summed E-state index contributed by atoms with van der Waals surface area (Å²) in [4.78, 5) is 24.8. The first-order valence-corrected chi connectivity index (χ1v) is 8.14. The quantitative estimate of drug-likeness (QED) is 0.893. The van der Waals surface area contributed by atoms with Crippen LogP contribution in [0.1, 0.15) is 29.9 Å². The fourth-order valence-electron chi connectivity index (χ4n) is 2.44. The van der Waals surface area contributed by atoms with Crippen LogP contribution in [0.4, 0.5) is 0 Å². The summed E-state index contributed by atoms with van der Waals surface area (Å²) in [5.41, 5.74) is 1.89. The monoisotopic (exact) mass is 312 g/mol. The zero-order valence-corrected chi connectivity index (χ0v) is 13.1. The van der Waals surface area contributed by atoms with Crippen molar-refractivity contribution < 1.29 is 19.2 Å². The minimum absolute atomic E-state index is 0.0118. The molecule has 1 atom stereocenters. The fourth-order valence-corrected chi connectivity index (χ4v) is 3.52. The van der Waals surface area contributed by atoms with Crippen LogP contribution >= 0.6 is 11.8 Å². The molecule has 2 rings (SSSR count). The number of carboxylic acids is 1. The number of hydrogen-bond donors (Lipinski definition) is 1. The van der Waals surface area contributed by atoms with Crippen LogP contribution in [-0.4, -0.2) is 45.9 Å². The molecule has 1 fully saturated rings. The van der Waals surface area contributed by atoms with Gasteiger partial charge in [-0.25, -0.2) is 0 Å². The smallest absolute Gasteiger partial charge is 0.308 e. The van der Waals surface area contributed by atoms with Crippen molar-refractivity contribution in [1.82, 2.24) is 10.1 Å². The molecule has 1 aromatic heterocycles. The number of carbonyl (C=O) groups is 2. The molecule has 0 bridgehead atoms. The van der Waals surface area contributed by atoms with Crippen LogP contribution in [0.3, 0.4) is 0 Å². The SMILES string of the molecule is Cc1noc(C)c1CSCC(=O)N1CCC[C@H](C(=O)O)C1. The third-order valence-electron chi connectivity index (χ3n) is 3.78. The van der Waals surface area contributed by atoms with E-state index in [1.807, 2.05) is 13.8 Å². The summed E-state index contributed by atoms with van der Waals surface area (Å²) in [5.74, 6) is 0.611. The van der Waals surface area contributed by atoms with E-state index in [2.05, 4.69) is 5.16 Å². The predicted octanol–water partition coefficient (Wildman–Crippen LogP) is 1.85. The number of aliphatic carboxylic acids is 1. The highest BCUT2D eigenvalue weighted by Crippen LogP contribution is 2.21. The number of aryl methyl sites for hydroxylation is 2. The summed E-state index contributed by atoms with van der Waals surface area (Å²) in [6.07, 6.45) is 1.42. The summed E-state index contributed by atoms with van der Waals surface area (Å²) in [6.45, 7) is 4.74. The first-order chi connectivity index (χ1) is 9.99. The Hall–Kier alpha value is -1.50. The number of piperidine rings is 1. The van der Waals surface area contributed by atoms with Gasteiger partial charge in [0.1, 0.15) is 5.76 Å². The van der Waals surface area contributed by atoms with Crippen molar-refractivity contribution in [2.75, 3.05) is 18.8 Å². The van der Waals surface area contributed by atoms with E-state index < -0.39 is 11.9 Å². The standard InChI is InChI=1S/C14H20N2O4S/c1-9-12(10(2)20-15-9)7-21-8-13(17)16-5-3-4-11(6-16)14(18)19/h11H,3-8H2,1-2H3,(H,18,19)/t11-/m0/s1. The maximum Gasteiger partial charge on any atom is 0.308 e. The fraction of sp³-hybridized carbons (Fsp3) is 0.643. The summed E-state index contributed by atoms with van der Waals surface area (Å²) >= 11 is 1.51. The molecular weight excluding hydrogens is 292 g/mol. The Labute approximate surface area is 127 Å². The van der Waals surface area contributed by atoms with E-state index in [4.69, 9.17) is 9.63 Å². The van der Waals surface area contributed by atoms with Gasteiger partial charge in [0.05, 0.1) is 17.4 Å². The van der Waals surface area contributed by atoms with Crippen molar-refractivity contribution in [3.05, 3.63) is 17.0 Å². The largest absolute Gasteiger partial charge is 0.481 e. The highest BCUT2D eigenvalue weighted by atomic mass is 32.2. The third kappa shape index (κ3) is 4.00. The minimum atomic E-state index is -0.809. The molecule has 21 heavy (non-hydrogen) atoms. The van der Waals surface area contributed by atoms with Gasteiger partial charge in [0.2, 0.25) is 5.91 Å². The van der Waals surface area contributed by atoms with Crippen LogP contribution in [0, 0.1) is 19.8 Å². The lowest BCUT2D eigenvalue weighted by Gasteiger charge is -2.30. The molecule has 1 amide bonds. The third-order valence-corrected chi connectivity index (χ3v) is 4.72. The summed E-state index contributed by atoms with van der Waals surface area (Å²) in [6, 6.07) is 0. The molecule has 1 aliphatic rings. The molecule has 0 saturated carbocycles. The number of thioether (sulfide) groups is 1. The zero-order valence-electron chi connectivity index (χ0n) is 12.3. The molecule has 6 nitrogen and oxygen atoms in total. The maximum atomic E-state index is 12.1. The molecule has 0 radical (unpaired) electrons. The van der Waals surface area contributed by atoms with Gasteiger partial charge in [0.25, 0.3) is 0 Å². The van der Waals surface area contributed by atoms with Gasteiger partial charge in [-0.05, 0) is 26.7 Å². The maximum absolute atomic E-state index is 12.1. The van der Waals surface area contributed by atoms with Crippen molar-refractivity contribution >= 4 is 23.6 Å². The Balaban J connectivity index is 1.80. The highest BCUT2D eigenvalue weighted by Gasteiger charge is 2.27. The second kappa shape index (κ2) is 6.98. The van der Waals surface area contributed by atoms with Gasteiger partial charge in [-0.3, -0.25) is 9.59 Å². The van der Waals surface area contributed by atoms with E-state index in [1.165, 1.54) is 11.8 Å². The normalized spacial score (nSPS) is 18.8. The van der Waals surface area contributed by atoms with E-state index in [0.717, 1.165) is 23.4 Å². The first-order valence-electron chi connectivity index (χ1n) is 6.99. The van der Waals surface area contributed by atoms with Crippen molar-refractivity contribution in [1.29, 1.82) is 0 Å². The summed E-state index contributed by atoms with van der Waals surface area (Å²) in [7, 11) is 0. The number of carbonyl (C=O) groups excluding carboxylic acids is 1. The van der Waals surface area contributed by atoms with E-state index in [1.54, 1.807) is 4.90 Å². The minimum Gasteiger partial charge on any atom is -0.481 e. The number of hydrogen-bond acceptors (Lipinski definition) is 5. The van der Waals surface area contributed by atoms with Gasteiger partial charge in [0, 0.05) is 24.4 Å². The van der Waals surface area contributed by atoms with Gasteiger partial charge in [-0.15, -0.1) is 11.8 Å². The number of carboxylic acid groups (broad SMARTS) is 1. The van der Waals surface area contributed by atoms with Crippen LogP contribution in [0.5, 0.6) is 0 Å². The first kappa shape index (κ1) is 15.9. The van der Waals surface area contributed by atoms with E-state index in [-0.39, 0.29) is 5.91 Å². The zero-order chi connectivity index (χ0) is 15.4. The van der Waals surface area contributed by atoms with Crippen molar-refractivity contribution in [3.8, 4) is 0 Å². The Morgan fingerprint density at radius 3 is 2.86 bits per heavy atom. The summed E-state index contributed by atoms with van der Waals surface area (Å²) in [5, 5.41) is 12.9. The van der Waals surface area contributed by atoms with Crippen molar-refractivity contribution in [2.45, 2.75) is 32.4 Å². The summed E-state index contributed by atoms with van der Waals surface area (Å²) < 4.78 is 5.09. The van der Waals surface area contributed by atoms with Crippen molar-refractivity contribution in [3.63, 3.8) is 0 Å². The second-order valence-electron chi connectivity index (χ2n) is 5.31. The number of rotatable bonds is 5. The van der Waals surface area contributed by atoms with Gasteiger partial charge >= 0.3 is 5.97 Å². The Bertz CT molecular complexity index is 510. The molecule has 0 spiro atoms. The molecule has 1 N–H and O–H groups in total. The lowest BCUT2D eigenvalue weighted by molar-refractivity contribution is -0.145. The number of nitrogens with zero attached hydrogens (tertiary/aromatic N) is 2. The van der Waals surface area contributed by atoms with E-state index in [9.17, 15) is 9.59 Å². The highest BCUT2D eigenvalue weighted by molar-refractivity contribution is 7.99. The Morgan fingerprint density at radius 1 is 1.48 bits per heavy atom. The van der Waals surface area contributed by atoms with Gasteiger partial charge in [-0.2, -0.15) is 0 Å². The lowest BCUT2D eigenvalue weighted by atomic mass is 9.98. The number of aromatic nitrogens is 1. The van der Waals surface area contributed by atoms with Crippen LogP contribution in [-0.2, 0) is 15.3 Å². The van der Waals surface area contributed by atoms with Gasteiger partial charge < -0.3 is 14.5 Å². The molecule has 0 aromatic carbocycles. The molecule has 2 heterocycles. The van der Waals surface area contributed by atoms with E-state index in [0.29, 0.717) is 31.0 Å². The average molecular weight is 312 g/mol. The molecular formula is C14H20N2O4S. The molecule has 1 saturated heterocycles. The molecule has 116 valence electrons. The molecule has 7 heteroatoms. The van der Waals surface area contributed by atoms with Crippen LogP contribution in [0.2, 0.25) is 0 Å². The second-order valence-corrected chi connectivity index (χ2v) is 6.30. The predicted molar refractivity (Wildman–Crippen MR) is 79.1 cm³/mol. The molecule has 0 aliphatic carbocycles. The number of likely N-dealkylation sites (tertiary alicyclic amines) is 1. The van der Waals surface area contributed by atoms with E-state index >= 15 is 0 Å². The average Bonchev–Trinajstić information content (AvgIpc) is 2.79. The van der Waals surface area contributed by atoms with Crippen molar-refractivity contribution in [2.24, 2.45) is 5.92 Å². The van der Waals surface area contributed by atoms with Gasteiger partial charge in [-0.1, -0.05) is 5.16 Å². The van der Waals surface area contributed by atoms with Crippen LogP contribution in [0.15, 0.2) is 4.52 Å². The van der Waals surface area contributed by atoms with Crippen LogP contribution in [0.25, 0.3) is 0 Å². The number of amides is 1. The Morgan fingerprint density at radius 2 is 2.24 bits per heavy atom.